The Labute approximate surface area is 131 Å². The van der Waals surface area contributed by atoms with Crippen molar-refractivity contribution in [1.82, 2.24) is 4.90 Å². The van der Waals surface area contributed by atoms with Crippen LogP contribution in [0.25, 0.3) is 0 Å². The van der Waals surface area contributed by atoms with Crippen molar-refractivity contribution >= 4 is 5.91 Å². The lowest BCUT2D eigenvalue weighted by Crippen LogP contribution is -2.47. The van der Waals surface area contributed by atoms with Crippen LogP contribution >= 0.6 is 0 Å². The standard InChI is InChI=1S/C18H21NO3/c1-3-6-17(20)19(18(2)9-4-5-10-18)12-14-7-8-15-16(11-14)22-13-21-15/h7-8,11H,4-5,9-10,12-13H2,1-2H3. The largest absolute Gasteiger partial charge is 0.454 e. The zero-order chi connectivity index (χ0) is 15.6. The second-order valence-corrected chi connectivity index (χ2v) is 6.16. The lowest BCUT2D eigenvalue weighted by Gasteiger charge is -2.37. The molecule has 0 N–H and O–H groups in total. The summed E-state index contributed by atoms with van der Waals surface area (Å²) in [7, 11) is 0. The maximum atomic E-state index is 12.5. The molecule has 3 rings (SSSR count). The first-order valence-corrected chi connectivity index (χ1v) is 7.75. The Kier molecular flexibility index (Phi) is 3.98. The van der Waals surface area contributed by atoms with Crippen molar-refractivity contribution in [1.29, 1.82) is 0 Å². The molecular weight excluding hydrogens is 278 g/mol. The van der Waals surface area contributed by atoms with E-state index in [4.69, 9.17) is 9.47 Å². The van der Waals surface area contributed by atoms with Gasteiger partial charge in [0.15, 0.2) is 11.5 Å². The molecule has 0 bridgehead atoms. The second-order valence-electron chi connectivity index (χ2n) is 6.16. The molecule has 4 heteroatoms. The Morgan fingerprint density at radius 1 is 1.27 bits per heavy atom. The van der Waals surface area contributed by atoms with E-state index in [0.717, 1.165) is 29.9 Å². The molecule has 22 heavy (non-hydrogen) atoms. The number of carbonyl (C=O) groups is 1. The van der Waals surface area contributed by atoms with E-state index in [-0.39, 0.29) is 18.2 Å². The Morgan fingerprint density at radius 2 is 2.00 bits per heavy atom. The lowest BCUT2D eigenvalue weighted by atomic mass is 9.96. The van der Waals surface area contributed by atoms with Gasteiger partial charge in [-0.1, -0.05) is 24.8 Å². The summed E-state index contributed by atoms with van der Waals surface area (Å²) in [6, 6.07) is 5.86. The molecule has 4 nitrogen and oxygen atoms in total. The molecule has 2 aliphatic rings. The van der Waals surface area contributed by atoms with E-state index in [2.05, 4.69) is 18.8 Å². The fourth-order valence-corrected chi connectivity index (χ4v) is 3.31. The Bertz CT molecular complexity index is 635. The highest BCUT2D eigenvalue weighted by molar-refractivity contribution is 5.94. The summed E-state index contributed by atoms with van der Waals surface area (Å²) < 4.78 is 10.8. The second kappa shape index (κ2) is 5.92. The first-order chi connectivity index (χ1) is 10.6. The van der Waals surface area contributed by atoms with Crippen LogP contribution in [0.15, 0.2) is 18.2 Å². The first kappa shape index (κ1) is 14.8. The van der Waals surface area contributed by atoms with E-state index in [1.54, 1.807) is 6.92 Å². The van der Waals surface area contributed by atoms with Gasteiger partial charge in [-0.15, -0.1) is 0 Å². The van der Waals surface area contributed by atoms with Crippen LogP contribution in [-0.4, -0.2) is 23.1 Å². The van der Waals surface area contributed by atoms with E-state index in [1.807, 2.05) is 23.1 Å². The van der Waals surface area contributed by atoms with Gasteiger partial charge in [0.05, 0.1) is 0 Å². The molecule has 0 spiro atoms. The zero-order valence-electron chi connectivity index (χ0n) is 13.1. The quantitative estimate of drug-likeness (QED) is 0.805. The SMILES string of the molecule is CC#CC(=O)N(Cc1ccc2c(c1)OCO2)C1(C)CCCC1. The Morgan fingerprint density at radius 3 is 2.73 bits per heavy atom. The van der Waals surface area contributed by atoms with Crippen molar-refractivity contribution in [3.8, 4) is 23.3 Å². The molecule has 0 radical (unpaired) electrons. The van der Waals surface area contributed by atoms with Gasteiger partial charge in [0.25, 0.3) is 5.91 Å². The number of hydrogen-bond donors (Lipinski definition) is 0. The number of nitrogens with zero attached hydrogens (tertiary/aromatic N) is 1. The van der Waals surface area contributed by atoms with Gasteiger partial charge in [-0.25, -0.2) is 0 Å². The van der Waals surface area contributed by atoms with Crippen LogP contribution < -0.4 is 9.47 Å². The maximum absolute atomic E-state index is 12.5. The van der Waals surface area contributed by atoms with Crippen molar-refractivity contribution in [2.75, 3.05) is 6.79 Å². The number of hydrogen-bond acceptors (Lipinski definition) is 3. The molecule has 0 aromatic heterocycles. The van der Waals surface area contributed by atoms with E-state index in [9.17, 15) is 4.79 Å². The number of rotatable bonds is 3. The van der Waals surface area contributed by atoms with E-state index in [1.165, 1.54) is 12.8 Å². The monoisotopic (exact) mass is 299 g/mol. The lowest BCUT2D eigenvalue weighted by molar-refractivity contribution is -0.131. The highest BCUT2D eigenvalue weighted by Crippen LogP contribution is 2.37. The molecule has 1 aromatic carbocycles. The number of carbonyl (C=O) groups excluding carboxylic acids is 1. The molecular formula is C18H21NO3. The van der Waals surface area contributed by atoms with Crippen LogP contribution in [-0.2, 0) is 11.3 Å². The molecule has 1 heterocycles. The molecule has 1 aromatic rings. The van der Waals surface area contributed by atoms with E-state index < -0.39 is 0 Å². The third-order valence-electron chi connectivity index (χ3n) is 4.59. The van der Waals surface area contributed by atoms with Gasteiger partial charge >= 0.3 is 0 Å². The minimum Gasteiger partial charge on any atom is -0.454 e. The third-order valence-corrected chi connectivity index (χ3v) is 4.59. The minimum atomic E-state index is -0.0999. The smallest absolute Gasteiger partial charge is 0.299 e. The van der Waals surface area contributed by atoms with Crippen LogP contribution in [0.4, 0.5) is 0 Å². The summed E-state index contributed by atoms with van der Waals surface area (Å²) in [6.45, 7) is 4.69. The molecule has 0 atom stereocenters. The van der Waals surface area contributed by atoms with Crippen molar-refractivity contribution in [3.05, 3.63) is 23.8 Å². The summed E-state index contributed by atoms with van der Waals surface area (Å²) in [5.74, 6) is 6.86. The normalized spacial score (nSPS) is 17.7. The molecule has 0 unspecified atom stereocenters. The zero-order valence-corrected chi connectivity index (χ0v) is 13.1. The molecule has 1 fully saturated rings. The maximum Gasteiger partial charge on any atom is 0.299 e. The molecule has 116 valence electrons. The van der Waals surface area contributed by atoms with Gasteiger partial charge in [0, 0.05) is 12.1 Å². The summed E-state index contributed by atoms with van der Waals surface area (Å²) in [6.07, 6.45) is 4.41. The molecule has 0 saturated heterocycles. The van der Waals surface area contributed by atoms with Crippen molar-refractivity contribution in [2.24, 2.45) is 0 Å². The van der Waals surface area contributed by atoms with Gasteiger partial charge in [0.1, 0.15) is 0 Å². The highest BCUT2D eigenvalue weighted by Gasteiger charge is 2.37. The van der Waals surface area contributed by atoms with Gasteiger partial charge in [-0.05, 0) is 50.3 Å². The summed E-state index contributed by atoms with van der Waals surface area (Å²) in [5.41, 5.74) is 0.945. The fraction of sp³-hybridized carbons (Fsp3) is 0.500. The number of amides is 1. The molecule has 1 amide bonds. The number of benzene rings is 1. The van der Waals surface area contributed by atoms with Crippen LogP contribution in [0.2, 0.25) is 0 Å². The van der Waals surface area contributed by atoms with Crippen molar-refractivity contribution in [2.45, 2.75) is 51.6 Å². The third kappa shape index (κ3) is 2.76. The van der Waals surface area contributed by atoms with Gasteiger partial charge in [-0.2, -0.15) is 0 Å². The first-order valence-electron chi connectivity index (χ1n) is 7.75. The average molecular weight is 299 g/mol. The highest BCUT2D eigenvalue weighted by atomic mass is 16.7. The van der Waals surface area contributed by atoms with E-state index >= 15 is 0 Å². The van der Waals surface area contributed by atoms with Gasteiger partial charge in [0.2, 0.25) is 6.79 Å². The molecule has 1 aliphatic heterocycles. The summed E-state index contributed by atoms with van der Waals surface area (Å²) in [5, 5.41) is 0. The summed E-state index contributed by atoms with van der Waals surface area (Å²) >= 11 is 0. The van der Waals surface area contributed by atoms with Crippen LogP contribution in [0.1, 0.15) is 45.1 Å². The fourth-order valence-electron chi connectivity index (χ4n) is 3.31. The Balaban J connectivity index is 1.86. The van der Waals surface area contributed by atoms with Gasteiger partial charge < -0.3 is 14.4 Å². The number of ether oxygens (including phenoxy) is 2. The predicted molar refractivity (Wildman–Crippen MR) is 83.4 cm³/mol. The van der Waals surface area contributed by atoms with Crippen LogP contribution in [0.3, 0.4) is 0 Å². The van der Waals surface area contributed by atoms with Crippen molar-refractivity contribution < 1.29 is 14.3 Å². The average Bonchev–Trinajstić information content (AvgIpc) is 3.13. The number of fused-ring (bicyclic) bond motifs is 1. The van der Waals surface area contributed by atoms with Crippen LogP contribution in [0.5, 0.6) is 11.5 Å². The molecule has 1 saturated carbocycles. The van der Waals surface area contributed by atoms with Crippen molar-refractivity contribution in [3.63, 3.8) is 0 Å². The van der Waals surface area contributed by atoms with Gasteiger partial charge in [-0.3, -0.25) is 4.79 Å². The summed E-state index contributed by atoms with van der Waals surface area (Å²) in [4.78, 5) is 14.4. The van der Waals surface area contributed by atoms with Crippen LogP contribution in [0, 0.1) is 11.8 Å². The topological polar surface area (TPSA) is 38.8 Å². The predicted octanol–water partition coefficient (Wildman–Crippen LogP) is 3.10. The Hall–Kier alpha value is -2.15. The van der Waals surface area contributed by atoms with E-state index in [0.29, 0.717) is 6.54 Å². The minimum absolute atomic E-state index is 0.0930. The molecule has 1 aliphatic carbocycles.